The summed E-state index contributed by atoms with van der Waals surface area (Å²) in [5.74, 6) is 0. The number of rotatable bonds is 2. The lowest BCUT2D eigenvalue weighted by Gasteiger charge is -2.31. The van der Waals surface area contributed by atoms with Crippen molar-refractivity contribution < 1.29 is 0 Å². The Bertz CT molecular complexity index is 380. The lowest BCUT2D eigenvalue weighted by molar-refractivity contribution is 0.265. The molecular weight excluding hydrogens is 218 g/mol. The molecule has 1 saturated carbocycles. The van der Waals surface area contributed by atoms with Crippen molar-refractivity contribution in [1.82, 2.24) is 0 Å². The van der Waals surface area contributed by atoms with Crippen LogP contribution >= 0.6 is 11.6 Å². The van der Waals surface area contributed by atoms with Crippen molar-refractivity contribution in [2.24, 2.45) is 11.1 Å². The molecule has 1 aromatic carbocycles. The fourth-order valence-corrected chi connectivity index (χ4v) is 2.89. The van der Waals surface area contributed by atoms with E-state index < -0.39 is 0 Å². The van der Waals surface area contributed by atoms with Gasteiger partial charge in [-0.2, -0.15) is 0 Å². The van der Waals surface area contributed by atoms with Crippen molar-refractivity contribution in [3.63, 3.8) is 0 Å². The van der Waals surface area contributed by atoms with Gasteiger partial charge in [0.2, 0.25) is 0 Å². The van der Waals surface area contributed by atoms with Gasteiger partial charge in [0.05, 0.1) is 0 Å². The number of aryl methyl sites for hydroxylation is 1. The van der Waals surface area contributed by atoms with Crippen LogP contribution in [0.2, 0.25) is 5.02 Å². The van der Waals surface area contributed by atoms with E-state index in [2.05, 4.69) is 19.1 Å². The topological polar surface area (TPSA) is 26.0 Å². The van der Waals surface area contributed by atoms with Gasteiger partial charge in [-0.1, -0.05) is 43.5 Å². The molecule has 1 aromatic rings. The lowest BCUT2D eigenvalue weighted by atomic mass is 9.78. The molecule has 2 rings (SSSR count). The quantitative estimate of drug-likeness (QED) is 0.819. The summed E-state index contributed by atoms with van der Waals surface area (Å²) >= 11 is 6.15. The average Bonchev–Trinajstić information content (AvgIpc) is 2.70. The summed E-state index contributed by atoms with van der Waals surface area (Å²) < 4.78 is 0. The van der Waals surface area contributed by atoms with Crippen LogP contribution in [0.25, 0.3) is 0 Å². The summed E-state index contributed by atoms with van der Waals surface area (Å²) in [7, 11) is 0. The summed E-state index contributed by atoms with van der Waals surface area (Å²) in [5.41, 5.74) is 8.96. The van der Waals surface area contributed by atoms with E-state index in [1.165, 1.54) is 31.2 Å². The number of halogens is 1. The zero-order valence-electron chi connectivity index (χ0n) is 10.1. The fraction of sp³-hybridized carbons (Fsp3) is 0.571. The molecule has 16 heavy (non-hydrogen) atoms. The van der Waals surface area contributed by atoms with Gasteiger partial charge >= 0.3 is 0 Å². The summed E-state index contributed by atoms with van der Waals surface area (Å²) in [6.07, 6.45) is 5.09. The Kier molecular flexibility index (Phi) is 3.27. The van der Waals surface area contributed by atoms with Gasteiger partial charge in [-0.3, -0.25) is 0 Å². The Hall–Kier alpha value is -0.530. The van der Waals surface area contributed by atoms with E-state index in [1.54, 1.807) is 0 Å². The van der Waals surface area contributed by atoms with E-state index in [9.17, 15) is 0 Å². The monoisotopic (exact) mass is 237 g/mol. The fourth-order valence-electron chi connectivity index (χ4n) is 2.70. The molecule has 1 aliphatic carbocycles. The first-order valence-corrected chi connectivity index (χ1v) is 6.42. The van der Waals surface area contributed by atoms with Gasteiger partial charge in [0.1, 0.15) is 0 Å². The molecule has 0 aliphatic heterocycles. The third kappa shape index (κ3) is 2.11. The van der Waals surface area contributed by atoms with Crippen LogP contribution in [0.5, 0.6) is 0 Å². The van der Waals surface area contributed by atoms with E-state index in [0.717, 1.165) is 10.6 Å². The second-order valence-electron chi connectivity index (χ2n) is 5.35. The Morgan fingerprint density at radius 1 is 1.31 bits per heavy atom. The Morgan fingerprint density at radius 2 is 1.94 bits per heavy atom. The van der Waals surface area contributed by atoms with Crippen molar-refractivity contribution in [2.75, 3.05) is 0 Å². The largest absolute Gasteiger partial charge is 0.323 e. The minimum atomic E-state index is 0.119. The first-order chi connectivity index (χ1) is 7.53. The maximum atomic E-state index is 6.39. The van der Waals surface area contributed by atoms with Gasteiger partial charge < -0.3 is 5.73 Å². The van der Waals surface area contributed by atoms with Crippen molar-refractivity contribution in [2.45, 2.75) is 45.6 Å². The molecule has 0 aromatic heterocycles. The van der Waals surface area contributed by atoms with Gasteiger partial charge in [0.15, 0.2) is 0 Å². The number of nitrogens with two attached hydrogens (primary N) is 1. The van der Waals surface area contributed by atoms with Crippen LogP contribution in [-0.2, 0) is 0 Å². The second-order valence-corrected chi connectivity index (χ2v) is 5.75. The molecule has 1 nitrogen and oxygen atoms in total. The third-order valence-electron chi connectivity index (χ3n) is 4.05. The molecule has 0 heterocycles. The van der Waals surface area contributed by atoms with Crippen LogP contribution in [0.15, 0.2) is 18.2 Å². The summed E-state index contributed by atoms with van der Waals surface area (Å²) in [5, 5.41) is 0.828. The van der Waals surface area contributed by atoms with Gasteiger partial charge in [-0.05, 0) is 42.4 Å². The standard InChI is InChI=1S/C14H20ClN/c1-10-5-6-11(9-12(10)15)13(16)14(2)7-3-4-8-14/h5-6,9,13H,3-4,7-8,16H2,1-2H3. The van der Waals surface area contributed by atoms with Gasteiger partial charge in [-0.25, -0.2) is 0 Å². The van der Waals surface area contributed by atoms with Crippen LogP contribution in [-0.4, -0.2) is 0 Å². The molecule has 1 fully saturated rings. The highest BCUT2D eigenvalue weighted by molar-refractivity contribution is 6.31. The van der Waals surface area contributed by atoms with Crippen LogP contribution in [0, 0.1) is 12.3 Å². The highest BCUT2D eigenvalue weighted by atomic mass is 35.5. The lowest BCUT2D eigenvalue weighted by Crippen LogP contribution is -2.29. The van der Waals surface area contributed by atoms with Crippen LogP contribution in [0.4, 0.5) is 0 Å². The highest BCUT2D eigenvalue weighted by Crippen LogP contribution is 2.46. The Labute approximate surface area is 103 Å². The van der Waals surface area contributed by atoms with E-state index >= 15 is 0 Å². The zero-order chi connectivity index (χ0) is 11.8. The second kappa shape index (κ2) is 4.38. The van der Waals surface area contributed by atoms with Crippen molar-refractivity contribution >= 4 is 11.6 Å². The predicted molar refractivity (Wildman–Crippen MR) is 69.7 cm³/mol. The molecule has 2 N–H and O–H groups in total. The first-order valence-electron chi connectivity index (χ1n) is 6.04. The Morgan fingerprint density at radius 3 is 2.50 bits per heavy atom. The van der Waals surface area contributed by atoms with Crippen molar-refractivity contribution in [1.29, 1.82) is 0 Å². The van der Waals surface area contributed by atoms with Gasteiger partial charge in [-0.15, -0.1) is 0 Å². The predicted octanol–water partition coefficient (Wildman–Crippen LogP) is 4.23. The van der Waals surface area contributed by atoms with Crippen LogP contribution in [0.1, 0.15) is 49.8 Å². The molecule has 1 atom stereocenters. The molecule has 1 aliphatic rings. The zero-order valence-corrected chi connectivity index (χ0v) is 10.8. The molecule has 0 saturated heterocycles. The first kappa shape index (κ1) is 11.9. The average molecular weight is 238 g/mol. The normalized spacial score (nSPS) is 21.0. The summed E-state index contributed by atoms with van der Waals surface area (Å²) in [6.45, 7) is 4.33. The maximum absolute atomic E-state index is 6.39. The maximum Gasteiger partial charge on any atom is 0.0438 e. The van der Waals surface area contributed by atoms with Crippen LogP contribution < -0.4 is 5.73 Å². The number of benzene rings is 1. The molecule has 0 spiro atoms. The van der Waals surface area contributed by atoms with E-state index in [4.69, 9.17) is 17.3 Å². The molecule has 0 amide bonds. The molecule has 1 unspecified atom stereocenters. The summed E-state index contributed by atoms with van der Waals surface area (Å²) in [6, 6.07) is 6.34. The SMILES string of the molecule is Cc1ccc(C(N)C2(C)CCCC2)cc1Cl. The van der Waals surface area contributed by atoms with Crippen molar-refractivity contribution in [3.8, 4) is 0 Å². The van der Waals surface area contributed by atoms with E-state index in [1.807, 2.05) is 13.0 Å². The molecule has 0 bridgehead atoms. The molecular formula is C14H20ClN. The molecule has 88 valence electrons. The van der Waals surface area contributed by atoms with Gasteiger partial charge in [0.25, 0.3) is 0 Å². The van der Waals surface area contributed by atoms with E-state index in [-0.39, 0.29) is 11.5 Å². The van der Waals surface area contributed by atoms with Crippen molar-refractivity contribution in [3.05, 3.63) is 34.3 Å². The third-order valence-corrected chi connectivity index (χ3v) is 4.46. The number of hydrogen-bond donors (Lipinski definition) is 1. The van der Waals surface area contributed by atoms with E-state index in [0.29, 0.717) is 0 Å². The summed E-state index contributed by atoms with van der Waals surface area (Å²) in [4.78, 5) is 0. The van der Waals surface area contributed by atoms with Gasteiger partial charge in [0, 0.05) is 11.1 Å². The highest BCUT2D eigenvalue weighted by Gasteiger charge is 2.35. The number of hydrogen-bond acceptors (Lipinski definition) is 1. The van der Waals surface area contributed by atoms with Crippen LogP contribution in [0.3, 0.4) is 0 Å². The molecule has 2 heteroatoms. The smallest absolute Gasteiger partial charge is 0.0438 e. The Balaban J connectivity index is 2.26. The minimum absolute atomic E-state index is 0.119. The minimum Gasteiger partial charge on any atom is -0.323 e. The molecule has 0 radical (unpaired) electrons.